The van der Waals surface area contributed by atoms with Crippen molar-refractivity contribution in [3.05, 3.63) is 59.8 Å². The Labute approximate surface area is 124 Å². The monoisotopic (exact) mass is 370 g/mol. The molecule has 0 saturated carbocycles. The Hall–Kier alpha value is -1.20. The zero-order valence-electron chi connectivity index (χ0n) is 9.42. The van der Waals surface area contributed by atoms with E-state index in [9.17, 15) is 4.79 Å². The van der Waals surface area contributed by atoms with Crippen LogP contribution in [0.2, 0.25) is 0 Å². The van der Waals surface area contributed by atoms with Crippen LogP contribution < -0.4 is 5.73 Å². The average molecular weight is 372 g/mol. The van der Waals surface area contributed by atoms with Gasteiger partial charge in [-0.05, 0) is 17.7 Å². The van der Waals surface area contributed by atoms with Gasteiger partial charge in [-0.3, -0.25) is 4.79 Å². The van der Waals surface area contributed by atoms with Crippen molar-refractivity contribution in [2.45, 2.75) is 4.83 Å². The van der Waals surface area contributed by atoms with Gasteiger partial charge in [-0.25, -0.2) is 4.98 Å². The normalized spacial score (nSPS) is 11.4. The molecule has 0 fully saturated rings. The Morgan fingerprint density at radius 1 is 1.22 bits per heavy atom. The highest BCUT2D eigenvalue weighted by molar-refractivity contribution is 9.09. The summed E-state index contributed by atoms with van der Waals surface area (Å²) in [5.41, 5.74) is 7.07. The maximum Gasteiger partial charge on any atom is 0.180 e. The van der Waals surface area contributed by atoms with E-state index in [0.717, 1.165) is 5.56 Å². The number of ketones is 1. The lowest BCUT2D eigenvalue weighted by atomic mass is 10.0. The highest BCUT2D eigenvalue weighted by Gasteiger charge is 2.18. The van der Waals surface area contributed by atoms with Gasteiger partial charge in [-0.1, -0.05) is 46.3 Å². The summed E-state index contributed by atoms with van der Waals surface area (Å²) in [4.78, 5) is 15.7. The molecule has 0 aliphatic rings. The zero-order chi connectivity index (χ0) is 12.3. The molecule has 18 heavy (non-hydrogen) atoms. The number of aromatic nitrogens is 1. The van der Waals surface area contributed by atoms with Gasteiger partial charge in [0, 0.05) is 11.8 Å². The summed E-state index contributed by atoms with van der Waals surface area (Å²) in [6, 6.07) is 12.6. The van der Waals surface area contributed by atoms with Gasteiger partial charge in [-0.2, -0.15) is 0 Å². The Bertz CT molecular complexity index is 532. The smallest absolute Gasteiger partial charge is 0.180 e. The fraction of sp³-hybridized carbons (Fsp3) is 0.0769. The predicted molar refractivity (Wildman–Crippen MR) is 81.4 cm³/mol. The van der Waals surface area contributed by atoms with Crippen molar-refractivity contribution in [3.63, 3.8) is 0 Å². The van der Waals surface area contributed by atoms with E-state index in [2.05, 4.69) is 20.9 Å². The number of pyridine rings is 1. The SMILES string of the molecule is Br.Nc1cc(C(Br)C(=O)c2ccccc2)ccn1. The lowest BCUT2D eigenvalue weighted by Crippen LogP contribution is -2.07. The molecule has 0 bridgehead atoms. The van der Waals surface area contributed by atoms with E-state index in [0.29, 0.717) is 11.4 Å². The van der Waals surface area contributed by atoms with E-state index in [1.165, 1.54) is 0 Å². The summed E-state index contributed by atoms with van der Waals surface area (Å²) in [7, 11) is 0. The van der Waals surface area contributed by atoms with Crippen LogP contribution in [0.3, 0.4) is 0 Å². The molecule has 2 aromatic rings. The quantitative estimate of drug-likeness (QED) is 0.662. The molecule has 5 heteroatoms. The minimum absolute atomic E-state index is 0. The summed E-state index contributed by atoms with van der Waals surface area (Å²) in [5.74, 6) is 0.420. The van der Waals surface area contributed by atoms with Gasteiger partial charge in [0.25, 0.3) is 0 Å². The van der Waals surface area contributed by atoms with Gasteiger partial charge in [0.15, 0.2) is 5.78 Å². The van der Waals surface area contributed by atoms with Crippen LogP contribution in [-0.4, -0.2) is 10.8 Å². The number of hydrogen-bond donors (Lipinski definition) is 1. The van der Waals surface area contributed by atoms with Crippen molar-refractivity contribution in [1.82, 2.24) is 4.98 Å². The number of hydrogen-bond acceptors (Lipinski definition) is 3. The number of nitrogen functional groups attached to an aromatic ring is 1. The molecule has 0 spiro atoms. The number of benzene rings is 1. The Morgan fingerprint density at radius 2 is 1.89 bits per heavy atom. The third-order valence-corrected chi connectivity index (χ3v) is 3.33. The molecule has 1 heterocycles. The summed E-state index contributed by atoms with van der Waals surface area (Å²) >= 11 is 3.39. The largest absolute Gasteiger partial charge is 0.384 e. The van der Waals surface area contributed by atoms with E-state index in [-0.39, 0.29) is 22.8 Å². The minimum Gasteiger partial charge on any atom is -0.384 e. The second-order valence-electron chi connectivity index (χ2n) is 3.61. The average Bonchev–Trinajstić information content (AvgIpc) is 2.38. The third-order valence-electron chi connectivity index (χ3n) is 2.39. The summed E-state index contributed by atoms with van der Waals surface area (Å²) in [6.07, 6.45) is 1.59. The number of carbonyl (C=O) groups excluding carboxylic acids is 1. The standard InChI is InChI=1S/C13H11BrN2O.BrH/c14-12(10-6-7-16-11(15)8-10)13(17)9-4-2-1-3-5-9;/h1-8,12H,(H2,15,16);1H. The van der Waals surface area contributed by atoms with Gasteiger partial charge < -0.3 is 5.73 Å². The van der Waals surface area contributed by atoms with Crippen LogP contribution in [0.1, 0.15) is 20.7 Å². The first kappa shape index (κ1) is 14.9. The van der Waals surface area contributed by atoms with Gasteiger partial charge in [-0.15, -0.1) is 17.0 Å². The molecular formula is C13H12Br2N2O. The third kappa shape index (κ3) is 3.40. The van der Waals surface area contributed by atoms with Crippen LogP contribution in [0.5, 0.6) is 0 Å². The number of nitrogens with two attached hydrogens (primary N) is 1. The maximum absolute atomic E-state index is 12.1. The number of anilines is 1. The summed E-state index contributed by atoms with van der Waals surface area (Å²) < 4.78 is 0. The molecule has 0 aliphatic carbocycles. The van der Waals surface area contributed by atoms with Gasteiger partial charge >= 0.3 is 0 Å². The number of halogens is 2. The number of Topliss-reactive ketones (excluding diaryl/α,β-unsaturated/α-hetero) is 1. The Kier molecular flexibility index (Phi) is 5.50. The maximum atomic E-state index is 12.1. The van der Waals surface area contributed by atoms with E-state index in [4.69, 9.17) is 5.73 Å². The first-order valence-electron chi connectivity index (χ1n) is 5.13. The van der Waals surface area contributed by atoms with Crippen LogP contribution in [0.4, 0.5) is 5.82 Å². The molecule has 1 aromatic carbocycles. The van der Waals surface area contributed by atoms with Crippen molar-refractivity contribution in [1.29, 1.82) is 0 Å². The molecule has 94 valence electrons. The Morgan fingerprint density at radius 3 is 2.50 bits per heavy atom. The van der Waals surface area contributed by atoms with E-state index in [1.807, 2.05) is 18.2 Å². The van der Waals surface area contributed by atoms with Crippen molar-refractivity contribution in [3.8, 4) is 0 Å². The van der Waals surface area contributed by atoms with E-state index < -0.39 is 4.83 Å². The van der Waals surface area contributed by atoms with Gasteiger partial charge in [0.1, 0.15) is 10.6 Å². The number of nitrogens with zero attached hydrogens (tertiary/aromatic N) is 1. The van der Waals surface area contributed by atoms with Crippen molar-refractivity contribution in [2.75, 3.05) is 5.73 Å². The van der Waals surface area contributed by atoms with Crippen LogP contribution >= 0.6 is 32.9 Å². The highest BCUT2D eigenvalue weighted by atomic mass is 79.9. The van der Waals surface area contributed by atoms with Crippen LogP contribution in [0, 0.1) is 0 Å². The van der Waals surface area contributed by atoms with Crippen LogP contribution in [0.25, 0.3) is 0 Å². The first-order valence-corrected chi connectivity index (χ1v) is 6.05. The second-order valence-corrected chi connectivity index (χ2v) is 4.52. The molecule has 1 aromatic heterocycles. The topological polar surface area (TPSA) is 56.0 Å². The van der Waals surface area contributed by atoms with Gasteiger partial charge in [0.2, 0.25) is 0 Å². The molecule has 1 atom stereocenters. The Balaban J connectivity index is 0.00000162. The molecule has 0 amide bonds. The lowest BCUT2D eigenvalue weighted by Gasteiger charge is -2.09. The van der Waals surface area contributed by atoms with Crippen LogP contribution in [-0.2, 0) is 0 Å². The fourth-order valence-electron chi connectivity index (χ4n) is 1.52. The molecule has 1 unspecified atom stereocenters. The minimum atomic E-state index is -0.393. The molecular weight excluding hydrogens is 360 g/mol. The molecule has 0 saturated heterocycles. The lowest BCUT2D eigenvalue weighted by molar-refractivity contribution is 0.0991. The first-order chi connectivity index (χ1) is 8.18. The van der Waals surface area contributed by atoms with Gasteiger partial charge in [0.05, 0.1) is 0 Å². The predicted octanol–water partition coefficient (Wildman–Crippen LogP) is 3.56. The summed E-state index contributed by atoms with van der Waals surface area (Å²) in [5, 5.41) is 0. The highest BCUT2D eigenvalue weighted by Crippen LogP contribution is 2.27. The van der Waals surface area contributed by atoms with E-state index >= 15 is 0 Å². The molecule has 3 nitrogen and oxygen atoms in total. The molecule has 0 radical (unpaired) electrons. The summed E-state index contributed by atoms with van der Waals surface area (Å²) in [6.45, 7) is 0. The van der Waals surface area contributed by atoms with Crippen LogP contribution in [0.15, 0.2) is 48.7 Å². The van der Waals surface area contributed by atoms with Crippen molar-refractivity contribution >= 4 is 44.5 Å². The molecule has 2 rings (SSSR count). The van der Waals surface area contributed by atoms with E-state index in [1.54, 1.807) is 30.5 Å². The molecule has 0 aliphatic heterocycles. The fourth-order valence-corrected chi connectivity index (χ4v) is 2.07. The number of rotatable bonds is 3. The molecule has 2 N–H and O–H groups in total. The van der Waals surface area contributed by atoms with Crippen molar-refractivity contribution < 1.29 is 4.79 Å². The zero-order valence-corrected chi connectivity index (χ0v) is 12.7. The van der Waals surface area contributed by atoms with Crippen molar-refractivity contribution in [2.24, 2.45) is 0 Å². The number of carbonyl (C=O) groups is 1. The second kappa shape index (κ2) is 6.66. The number of alkyl halides is 1.